The molecule has 0 amide bonds. The zero-order chi connectivity index (χ0) is 11.5. The highest BCUT2D eigenvalue weighted by atomic mass is 35.5. The maximum Gasteiger partial charge on any atom is 0.129 e. The summed E-state index contributed by atoms with van der Waals surface area (Å²) in [7, 11) is 0. The van der Waals surface area contributed by atoms with Crippen molar-refractivity contribution in [1.29, 1.82) is 0 Å². The molecule has 0 radical (unpaired) electrons. The van der Waals surface area contributed by atoms with Gasteiger partial charge in [-0.1, -0.05) is 23.2 Å². The topological polar surface area (TPSA) is 36.4 Å². The summed E-state index contributed by atoms with van der Waals surface area (Å²) >= 11 is 11.9. The van der Waals surface area contributed by atoms with Crippen LogP contribution in [0, 0.1) is 0 Å². The van der Waals surface area contributed by atoms with E-state index >= 15 is 0 Å². The minimum Gasteiger partial charge on any atom is -0.395 e. The van der Waals surface area contributed by atoms with E-state index in [1.54, 1.807) is 12.1 Å². The quantitative estimate of drug-likeness (QED) is 0.826. The Morgan fingerprint density at radius 3 is 2.75 bits per heavy atom. The van der Waals surface area contributed by atoms with Crippen molar-refractivity contribution < 1.29 is 5.11 Å². The molecule has 0 unspecified atom stereocenters. The van der Waals surface area contributed by atoms with Crippen molar-refractivity contribution in [2.75, 3.05) is 13.2 Å². The number of aromatic nitrogens is 1. The molecule has 3 nitrogen and oxygen atoms in total. The van der Waals surface area contributed by atoms with Crippen LogP contribution < -0.4 is 0 Å². The van der Waals surface area contributed by atoms with E-state index in [2.05, 4.69) is 9.88 Å². The summed E-state index contributed by atoms with van der Waals surface area (Å²) in [6.45, 7) is 1.48. The van der Waals surface area contributed by atoms with Crippen molar-refractivity contribution in [3.05, 3.63) is 28.0 Å². The minimum absolute atomic E-state index is 0.161. The third-order valence-corrected chi connectivity index (χ3v) is 3.24. The van der Waals surface area contributed by atoms with Crippen LogP contribution in [0.2, 0.25) is 10.2 Å². The Labute approximate surface area is 105 Å². The van der Waals surface area contributed by atoms with E-state index in [4.69, 9.17) is 28.3 Å². The lowest BCUT2D eigenvalue weighted by atomic mass is 10.3. The van der Waals surface area contributed by atoms with Crippen molar-refractivity contribution in [1.82, 2.24) is 9.88 Å². The average molecular weight is 261 g/mol. The predicted molar refractivity (Wildman–Crippen MR) is 64.8 cm³/mol. The average Bonchev–Trinajstić information content (AvgIpc) is 3.06. The van der Waals surface area contributed by atoms with Gasteiger partial charge in [0.15, 0.2) is 0 Å². The van der Waals surface area contributed by atoms with Gasteiger partial charge in [-0.05, 0) is 25.0 Å². The smallest absolute Gasteiger partial charge is 0.129 e. The molecule has 5 heteroatoms. The molecule has 0 spiro atoms. The summed E-state index contributed by atoms with van der Waals surface area (Å²) in [5, 5.41) is 10.1. The van der Waals surface area contributed by atoms with E-state index in [1.165, 1.54) is 12.8 Å². The second-order valence-corrected chi connectivity index (χ2v) is 4.78. The van der Waals surface area contributed by atoms with Crippen LogP contribution in [0.5, 0.6) is 0 Å². The monoisotopic (exact) mass is 260 g/mol. The zero-order valence-corrected chi connectivity index (χ0v) is 10.4. The lowest BCUT2D eigenvalue weighted by molar-refractivity contribution is 0.182. The highest BCUT2D eigenvalue weighted by Gasteiger charge is 2.29. The first-order valence-corrected chi connectivity index (χ1v) is 6.12. The number of aliphatic hydroxyl groups is 1. The number of hydrogen-bond donors (Lipinski definition) is 1. The molecule has 0 bridgehead atoms. The van der Waals surface area contributed by atoms with Crippen molar-refractivity contribution in [3.63, 3.8) is 0 Å². The Bertz CT molecular complexity index is 369. The summed E-state index contributed by atoms with van der Waals surface area (Å²) in [6, 6.07) is 4.01. The third-order valence-electron chi connectivity index (χ3n) is 2.69. The molecular formula is C11H14Cl2N2O. The zero-order valence-electron chi connectivity index (χ0n) is 8.87. The van der Waals surface area contributed by atoms with Gasteiger partial charge in [-0.3, -0.25) is 4.90 Å². The predicted octanol–water partition coefficient (Wildman–Crippen LogP) is 2.35. The molecule has 1 N–H and O–H groups in total. The number of halogens is 2. The standard InChI is InChI=1S/C11H14Cl2N2O/c12-9-3-4-11(13)14-10(9)7-15(5-6-16)8-1-2-8/h3-4,8,16H,1-2,5-7H2. The third kappa shape index (κ3) is 3.08. The van der Waals surface area contributed by atoms with Crippen LogP contribution in [0.15, 0.2) is 12.1 Å². The van der Waals surface area contributed by atoms with Gasteiger partial charge in [0.1, 0.15) is 5.15 Å². The van der Waals surface area contributed by atoms with Crippen molar-refractivity contribution >= 4 is 23.2 Å². The highest BCUT2D eigenvalue weighted by Crippen LogP contribution is 2.29. The van der Waals surface area contributed by atoms with Gasteiger partial charge in [-0.25, -0.2) is 4.98 Å². The fourth-order valence-corrected chi connectivity index (χ4v) is 2.05. The van der Waals surface area contributed by atoms with Crippen LogP contribution >= 0.6 is 23.2 Å². The van der Waals surface area contributed by atoms with Crippen molar-refractivity contribution in [2.45, 2.75) is 25.4 Å². The van der Waals surface area contributed by atoms with Gasteiger partial charge in [0.05, 0.1) is 17.3 Å². The number of pyridine rings is 1. The first-order valence-electron chi connectivity index (χ1n) is 5.36. The molecule has 2 rings (SSSR count). The van der Waals surface area contributed by atoms with E-state index in [0.29, 0.717) is 29.3 Å². The SMILES string of the molecule is OCCN(Cc1nc(Cl)ccc1Cl)C1CC1. The van der Waals surface area contributed by atoms with Crippen LogP contribution in [0.4, 0.5) is 0 Å². The summed E-state index contributed by atoms with van der Waals surface area (Å²) in [6.07, 6.45) is 2.39. The maximum atomic E-state index is 8.99. The van der Waals surface area contributed by atoms with Crippen molar-refractivity contribution in [2.24, 2.45) is 0 Å². The van der Waals surface area contributed by atoms with Crippen LogP contribution in [0.25, 0.3) is 0 Å². The molecule has 0 aromatic carbocycles. The van der Waals surface area contributed by atoms with Gasteiger partial charge in [0.2, 0.25) is 0 Å². The molecule has 88 valence electrons. The van der Waals surface area contributed by atoms with Gasteiger partial charge in [-0.15, -0.1) is 0 Å². The van der Waals surface area contributed by atoms with Gasteiger partial charge >= 0.3 is 0 Å². The van der Waals surface area contributed by atoms with E-state index in [9.17, 15) is 0 Å². The molecule has 0 aliphatic heterocycles. The molecule has 1 aromatic heterocycles. The molecule has 1 aliphatic rings. The van der Waals surface area contributed by atoms with Crippen LogP contribution in [0.3, 0.4) is 0 Å². The normalized spacial score (nSPS) is 15.8. The fraction of sp³-hybridized carbons (Fsp3) is 0.545. The molecule has 0 saturated heterocycles. The Hall–Kier alpha value is -0.350. The molecular weight excluding hydrogens is 247 g/mol. The molecule has 1 saturated carbocycles. The van der Waals surface area contributed by atoms with Gasteiger partial charge in [-0.2, -0.15) is 0 Å². The second-order valence-electron chi connectivity index (χ2n) is 3.99. The van der Waals surface area contributed by atoms with E-state index < -0.39 is 0 Å². The molecule has 16 heavy (non-hydrogen) atoms. The lowest BCUT2D eigenvalue weighted by Gasteiger charge is -2.20. The van der Waals surface area contributed by atoms with E-state index in [-0.39, 0.29) is 6.61 Å². The number of hydrogen-bond acceptors (Lipinski definition) is 3. The van der Waals surface area contributed by atoms with Gasteiger partial charge < -0.3 is 5.11 Å². The molecule has 1 aromatic rings. The molecule has 1 fully saturated rings. The summed E-state index contributed by atoms with van der Waals surface area (Å²) in [5.74, 6) is 0. The summed E-state index contributed by atoms with van der Waals surface area (Å²) < 4.78 is 0. The van der Waals surface area contributed by atoms with Gasteiger partial charge in [0.25, 0.3) is 0 Å². The largest absolute Gasteiger partial charge is 0.395 e. The van der Waals surface area contributed by atoms with Crippen LogP contribution in [0.1, 0.15) is 18.5 Å². The first-order chi connectivity index (χ1) is 7.70. The summed E-state index contributed by atoms with van der Waals surface area (Å²) in [5.41, 5.74) is 0.787. The lowest BCUT2D eigenvalue weighted by Crippen LogP contribution is -2.29. The number of rotatable bonds is 5. The molecule has 1 aliphatic carbocycles. The Morgan fingerprint density at radius 2 is 2.12 bits per heavy atom. The fourth-order valence-electron chi connectivity index (χ4n) is 1.72. The number of aliphatic hydroxyl groups excluding tert-OH is 1. The van der Waals surface area contributed by atoms with Crippen molar-refractivity contribution in [3.8, 4) is 0 Å². The van der Waals surface area contributed by atoms with Gasteiger partial charge in [0, 0.05) is 19.1 Å². The highest BCUT2D eigenvalue weighted by molar-refractivity contribution is 6.32. The molecule has 1 heterocycles. The molecule has 0 atom stereocenters. The van der Waals surface area contributed by atoms with Crippen LogP contribution in [-0.2, 0) is 6.54 Å². The van der Waals surface area contributed by atoms with E-state index in [0.717, 1.165) is 5.69 Å². The maximum absolute atomic E-state index is 8.99. The first kappa shape index (κ1) is 12.1. The van der Waals surface area contributed by atoms with Crippen LogP contribution in [-0.4, -0.2) is 34.2 Å². The van der Waals surface area contributed by atoms with E-state index in [1.807, 2.05) is 0 Å². The summed E-state index contributed by atoms with van der Waals surface area (Å²) in [4.78, 5) is 6.41. The number of nitrogens with zero attached hydrogens (tertiary/aromatic N) is 2. The second kappa shape index (κ2) is 5.32. The minimum atomic E-state index is 0.161. The Kier molecular flexibility index (Phi) is 4.03. The Morgan fingerprint density at radius 1 is 1.38 bits per heavy atom. The Balaban J connectivity index is 2.08.